The van der Waals surface area contributed by atoms with Crippen molar-refractivity contribution in [3.8, 4) is 0 Å². The molecule has 0 atom stereocenters. The Kier molecular flexibility index (Phi) is 6.22. The third kappa shape index (κ3) is 4.86. The van der Waals surface area contributed by atoms with Gasteiger partial charge in [0.15, 0.2) is 6.29 Å². The normalized spacial score (nSPS) is 20.1. The summed E-state index contributed by atoms with van der Waals surface area (Å²) >= 11 is 7.61. The highest BCUT2D eigenvalue weighted by atomic mass is 35.5. The van der Waals surface area contributed by atoms with E-state index >= 15 is 0 Å². The van der Waals surface area contributed by atoms with Crippen molar-refractivity contribution >= 4 is 29.3 Å². The van der Waals surface area contributed by atoms with Gasteiger partial charge < -0.3 is 14.4 Å². The van der Waals surface area contributed by atoms with E-state index in [1.54, 1.807) is 11.8 Å². The Bertz CT molecular complexity index is 528. The lowest BCUT2D eigenvalue weighted by Crippen LogP contribution is -2.42. The summed E-state index contributed by atoms with van der Waals surface area (Å²) in [4.78, 5) is 14.3. The number of amides is 1. The summed E-state index contributed by atoms with van der Waals surface area (Å²) in [5.74, 6) is 1.99. The first kappa shape index (κ1) is 17.1. The lowest BCUT2D eigenvalue weighted by molar-refractivity contribution is -0.134. The average molecular weight is 356 g/mol. The number of benzene rings is 1. The summed E-state index contributed by atoms with van der Waals surface area (Å²) in [6.45, 7) is 3.02. The predicted molar refractivity (Wildman–Crippen MR) is 92.6 cm³/mol. The smallest absolute Gasteiger partial charge is 0.232 e. The van der Waals surface area contributed by atoms with Gasteiger partial charge in [0.25, 0.3) is 0 Å². The maximum atomic E-state index is 12.3. The van der Waals surface area contributed by atoms with Crippen LogP contribution in [-0.2, 0) is 20.0 Å². The lowest BCUT2D eigenvalue weighted by atomic mass is 9.96. The molecule has 0 N–H and O–H groups in total. The van der Waals surface area contributed by atoms with E-state index in [-0.39, 0.29) is 12.2 Å². The number of hydrogen-bond acceptors (Lipinski definition) is 4. The van der Waals surface area contributed by atoms with Gasteiger partial charge in [0.1, 0.15) is 0 Å². The van der Waals surface area contributed by atoms with Crippen LogP contribution in [0.4, 0.5) is 0 Å². The van der Waals surface area contributed by atoms with Gasteiger partial charge in [0.05, 0.1) is 19.0 Å². The highest BCUT2D eigenvalue weighted by molar-refractivity contribution is 7.99. The van der Waals surface area contributed by atoms with E-state index in [2.05, 4.69) is 0 Å². The minimum absolute atomic E-state index is 0.0514. The first-order valence-corrected chi connectivity index (χ1v) is 9.59. The number of carbonyl (C=O) groups excluding carboxylic acids is 1. The van der Waals surface area contributed by atoms with Crippen LogP contribution in [0.15, 0.2) is 24.3 Å². The average Bonchev–Trinajstić information content (AvgIpc) is 3.09. The quantitative estimate of drug-likeness (QED) is 0.813. The number of ether oxygens (including phenoxy) is 2. The van der Waals surface area contributed by atoms with E-state index in [1.165, 1.54) is 0 Å². The molecule has 0 radical (unpaired) electrons. The monoisotopic (exact) mass is 355 g/mol. The number of nitrogens with zero attached hydrogens (tertiary/aromatic N) is 1. The molecule has 2 fully saturated rings. The van der Waals surface area contributed by atoms with E-state index < -0.39 is 0 Å². The van der Waals surface area contributed by atoms with Crippen molar-refractivity contribution in [2.45, 2.75) is 24.9 Å². The summed E-state index contributed by atoms with van der Waals surface area (Å²) in [6, 6.07) is 7.80. The Morgan fingerprint density at radius 3 is 2.70 bits per heavy atom. The minimum Gasteiger partial charge on any atom is -0.350 e. The van der Waals surface area contributed by atoms with Crippen molar-refractivity contribution in [2.24, 2.45) is 5.92 Å². The van der Waals surface area contributed by atoms with Gasteiger partial charge in [0.2, 0.25) is 5.91 Å². The molecule has 2 heterocycles. The number of thioether (sulfide) groups is 1. The van der Waals surface area contributed by atoms with Crippen LogP contribution in [0.1, 0.15) is 18.4 Å². The molecule has 2 aliphatic heterocycles. The largest absolute Gasteiger partial charge is 0.350 e. The highest BCUT2D eigenvalue weighted by Gasteiger charge is 2.31. The molecule has 6 heteroatoms. The zero-order valence-electron chi connectivity index (χ0n) is 13.1. The Morgan fingerprint density at radius 2 is 2.00 bits per heavy atom. The Morgan fingerprint density at radius 1 is 1.26 bits per heavy atom. The summed E-state index contributed by atoms with van der Waals surface area (Å²) in [5.41, 5.74) is 1.16. The molecule has 23 heavy (non-hydrogen) atoms. The summed E-state index contributed by atoms with van der Waals surface area (Å²) < 4.78 is 11.1. The SMILES string of the molecule is O=C(CSCc1cccc(Cl)c1)N1CCC(C2OCCO2)CC1. The molecule has 0 unspecified atom stereocenters. The Hall–Kier alpha value is -0.750. The number of carbonyl (C=O) groups is 1. The van der Waals surface area contributed by atoms with Crippen molar-refractivity contribution in [1.82, 2.24) is 4.90 Å². The summed E-state index contributed by atoms with van der Waals surface area (Å²) in [5, 5.41) is 0.743. The van der Waals surface area contributed by atoms with Crippen LogP contribution in [0.2, 0.25) is 5.02 Å². The molecule has 0 aromatic heterocycles. The first-order chi connectivity index (χ1) is 11.2. The number of hydrogen-bond donors (Lipinski definition) is 0. The van der Waals surface area contributed by atoms with Crippen LogP contribution in [0.3, 0.4) is 0 Å². The summed E-state index contributed by atoms with van der Waals surface area (Å²) in [7, 11) is 0. The second-order valence-corrected chi connectivity index (χ2v) is 7.37. The van der Waals surface area contributed by atoms with Gasteiger partial charge in [-0.1, -0.05) is 23.7 Å². The topological polar surface area (TPSA) is 38.8 Å². The highest BCUT2D eigenvalue weighted by Crippen LogP contribution is 2.26. The summed E-state index contributed by atoms with van der Waals surface area (Å²) in [6.07, 6.45) is 1.88. The third-order valence-electron chi connectivity index (χ3n) is 4.31. The van der Waals surface area contributed by atoms with E-state index in [0.717, 1.165) is 42.3 Å². The molecule has 0 aliphatic carbocycles. The van der Waals surface area contributed by atoms with Crippen LogP contribution in [0.5, 0.6) is 0 Å². The minimum atomic E-state index is -0.0514. The zero-order valence-corrected chi connectivity index (χ0v) is 14.7. The molecule has 0 spiro atoms. The van der Waals surface area contributed by atoms with E-state index in [4.69, 9.17) is 21.1 Å². The van der Waals surface area contributed by atoms with E-state index in [9.17, 15) is 4.79 Å². The van der Waals surface area contributed by atoms with Gasteiger partial charge in [-0.15, -0.1) is 11.8 Å². The van der Waals surface area contributed by atoms with Crippen molar-refractivity contribution < 1.29 is 14.3 Å². The van der Waals surface area contributed by atoms with Crippen LogP contribution >= 0.6 is 23.4 Å². The van der Waals surface area contributed by atoms with Crippen LogP contribution in [-0.4, -0.2) is 49.2 Å². The number of likely N-dealkylation sites (tertiary alicyclic amines) is 1. The van der Waals surface area contributed by atoms with Gasteiger partial charge in [0, 0.05) is 29.8 Å². The molecular weight excluding hydrogens is 334 g/mol. The fourth-order valence-corrected chi connectivity index (χ4v) is 4.13. The molecule has 0 saturated carbocycles. The molecule has 1 amide bonds. The first-order valence-electron chi connectivity index (χ1n) is 8.05. The molecular formula is C17H22ClNO3S. The van der Waals surface area contributed by atoms with Gasteiger partial charge >= 0.3 is 0 Å². The fraction of sp³-hybridized carbons (Fsp3) is 0.588. The maximum Gasteiger partial charge on any atom is 0.232 e. The molecule has 126 valence electrons. The van der Waals surface area contributed by atoms with Gasteiger partial charge in [-0.2, -0.15) is 0 Å². The van der Waals surface area contributed by atoms with Gasteiger partial charge in [-0.05, 0) is 30.5 Å². The van der Waals surface area contributed by atoms with Crippen LogP contribution in [0.25, 0.3) is 0 Å². The molecule has 4 nitrogen and oxygen atoms in total. The van der Waals surface area contributed by atoms with Crippen molar-refractivity contribution in [3.05, 3.63) is 34.9 Å². The van der Waals surface area contributed by atoms with Crippen molar-refractivity contribution in [1.29, 1.82) is 0 Å². The van der Waals surface area contributed by atoms with E-state index in [1.807, 2.05) is 29.2 Å². The second kappa shape index (κ2) is 8.38. The number of rotatable bonds is 5. The molecule has 1 aromatic rings. The fourth-order valence-electron chi connectivity index (χ4n) is 3.04. The molecule has 3 rings (SSSR count). The van der Waals surface area contributed by atoms with Gasteiger partial charge in [-0.25, -0.2) is 0 Å². The Balaban J connectivity index is 1.37. The number of halogens is 1. The van der Waals surface area contributed by atoms with Crippen molar-refractivity contribution in [2.75, 3.05) is 32.1 Å². The second-order valence-electron chi connectivity index (χ2n) is 5.95. The standard InChI is InChI=1S/C17H22ClNO3S/c18-15-3-1-2-13(10-15)11-23-12-16(20)19-6-4-14(5-7-19)17-21-8-9-22-17/h1-3,10,14,17H,4-9,11-12H2. The Labute approximate surface area is 146 Å². The third-order valence-corrected chi connectivity index (χ3v) is 5.53. The number of piperidine rings is 1. The lowest BCUT2D eigenvalue weighted by Gasteiger charge is -2.33. The molecule has 0 bridgehead atoms. The van der Waals surface area contributed by atoms with Crippen molar-refractivity contribution in [3.63, 3.8) is 0 Å². The molecule has 1 aromatic carbocycles. The maximum absolute atomic E-state index is 12.3. The van der Waals surface area contributed by atoms with Crippen LogP contribution in [0, 0.1) is 5.92 Å². The zero-order chi connectivity index (χ0) is 16.1. The molecule has 2 aliphatic rings. The van der Waals surface area contributed by atoms with Gasteiger partial charge in [-0.3, -0.25) is 4.79 Å². The van der Waals surface area contributed by atoms with Crippen LogP contribution < -0.4 is 0 Å². The predicted octanol–water partition coefficient (Wildman–Crippen LogP) is 3.18. The molecule has 2 saturated heterocycles. The van der Waals surface area contributed by atoms with E-state index in [0.29, 0.717) is 24.9 Å².